The summed E-state index contributed by atoms with van der Waals surface area (Å²) in [5.74, 6) is -0.866. The maximum atomic E-state index is 12.9. The van der Waals surface area contributed by atoms with E-state index < -0.39 is 6.10 Å². The number of hydrogen-bond acceptors (Lipinski definition) is 6. The molecule has 6 nitrogen and oxygen atoms in total. The molecule has 70 heavy (non-hydrogen) atoms. The van der Waals surface area contributed by atoms with Gasteiger partial charge in [-0.25, -0.2) is 0 Å². The third kappa shape index (κ3) is 56.5. The highest BCUT2D eigenvalue weighted by Crippen LogP contribution is 2.18. The number of ether oxygens (including phenoxy) is 3. The molecule has 0 aliphatic heterocycles. The first-order valence-corrected chi connectivity index (χ1v) is 31.0. The molecule has 0 rings (SSSR count). The molecule has 0 radical (unpaired) electrons. The number of carbonyl (C=O) groups is 3. The van der Waals surface area contributed by atoms with Crippen molar-refractivity contribution in [2.45, 2.75) is 341 Å². The summed E-state index contributed by atoms with van der Waals surface area (Å²) in [4.78, 5) is 38.2. The maximum absolute atomic E-state index is 12.9. The van der Waals surface area contributed by atoms with Gasteiger partial charge in [0, 0.05) is 19.3 Å². The first kappa shape index (κ1) is 67.6. The molecular formula is C64H118O6. The molecule has 6 heteroatoms. The van der Waals surface area contributed by atoms with Gasteiger partial charge in [0.25, 0.3) is 0 Å². The van der Waals surface area contributed by atoms with E-state index in [1.807, 2.05) is 0 Å². The zero-order valence-corrected chi connectivity index (χ0v) is 47.1. The Kier molecular flexibility index (Phi) is 57.2. The van der Waals surface area contributed by atoms with Crippen LogP contribution in [0.25, 0.3) is 0 Å². The van der Waals surface area contributed by atoms with Crippen molar-refractivity contribution < 1.29 is 28.6 Å². The minimum Gasteiger partial charge on any atom is -0.462 e. The number of allylic oxidation sites excluding steroid dienone is 6. The number of rotatable bonds is 57. The van der Waals surface area contributed by atoms with Gasteiger partial charge in [0.05, 0.1) is 0 Å². The van der Waals surface area contributed by atoms with Crippen LogP contribution in [0.3, 0.4) is 0 Å². The smallest absolute Gasteiger partial charge is 0.306 e. The van der Waals surface area contributed by atoms with Crippen LogP contribution in [-0.4, -0.2) is 37.2 Å². The monoisotopic (exact) mass is 983 g/mol. The van der Waals surface area contributed by atoms with Crippen molar-refractivity contribution in [3.63, 3.8) is 0 Å². The Labute approximate surface area is 435 Å². The SMILES string of the molecule is CC/C=C\C/C=C\C/C=C\CCCCCCCC(=O)OCC(COC(=O)CCCCCCCCCCCCCCCCCCCCCCC)OC(=O)CCCCCCCCCCCCCCCCCC. The normalized spacial score (nSPS) is 12.2. The summed E-state index contributed by atoms with van der Waals surface area (Å²) >= 11 is 0. The van der Waals surface area contributed by atoms with Crippen LogP contribution in [0.15, 0.2) is 36.5 Å². The van der Waals surface area contributed by atoms with Gasteiger partial charge in [-0.1, -0.05) is 301 Å². The molecule has 0 amide bonds. The molecule has 0 aliphatic rings. The van der Waals surface area contributed by atoms with Gasteiger partial charge in [-0.05, 0) is 51.4 Å². The van der Waals surface area contributed by atoms with Gasteiger partial charge in [0.2, 0.25) is 0 Å². The van der Waals surface area contributed by atoms with Gasteiger partial charge in [0.15, 0.2) is 6.10 Å². The molecular weight excluding hydrogens is 865 g/mol. The van der Waals surface area contributed by atoms with Crippen molar-refractivity contribution in [3.8, 4) is 0 Å². The number of hydrogen-bond donors (Lipinski definition) is 0. The van der Waals surface area contributed by atoms with E-state index in [1.54, 1.807) is 0 Å². The molecule has 0 saturated carbocycles. The van der Waals surface area contributed by atoms with Crippen molar-refractivity contribution in [1.82, 2.24) is 0 Å². The molecule has 0 bridgehead atoms. The van der Waals surface area contributed by atoms with E-state index in [0.717, 1.165) is 96.3 Å². The first-order chi connectivity index (χ1) is 34.5. The van der Waals surface area contributed by atoms with Crippen LogP contribution in [0.5, 0.6) is 0 Å². The predicted octanol–water partition coefficient (Wildman–Crippen LogP) is 20.8. The fourth-order valence-corrected chi connectivity index (χ4v) is 9.28. The van der Waals surface area contributed by atoms with E-state index in [2.05, 4.69) is 57.2 Å². The van der Waals surface area contributed by atoms with Gasteiger partial charge in [-0.15, -0.1) is 0 Å². The van der Waals surface area contributed by atoms with Crippen LogP contribution < -0.4 is 0 Å². The van der Waals surface area contributed by atoms with Crippen molar-refractivity contribution in [2.24, 2.45) is 0 Å². The molecule has 410 valence electrons. The summed E-state index contributed by atoms with van der Waals surface area (Å²) in [6, 6.07) is 0. The van der Waals surface area contributed by atoms with Crippen molar-refractivity contribution in [1.29, 1.82) is 0 Å². The van der Waals surface area contributed by atoms with Crippen LogP contribution >= 0.6 is 0 Å². The summed E-state index contributed by atoms with van der Waals surface area (Å²) in [7, 11) is 0. The number of carbonyl (C=O) groups excluding carboxylic acids is 3. The molecule has 0 aromatic rings. The molecule has 0 aromatic carbocycles. The van der Waals surface area contributed by atoms with E-state index in [-0.39, 0.29) is 31.1 Å². The average Bonchev–Trinajstić information content (AvgIpc) is 3.36. The molecule has 0 saturated heterocycles. The summed E-state index contributed by atoms with van der Waals surface area (Å²) in [5, 5.41) is 0. The van der Waals surface area contributed by atoms with Gasteiger partial charge in [0.1, 0.15) is 13.2 Å². The molecule has 1 unspecified atom stereocenters. The van der Waals surface area contributed by atoms with Crippen molar-refractivity contribution in [2.75, 3.05) is 13.2 Å². The molecule has 0 spiro atoms. The lowest BCUT2D eigenvalue weighted by molar-refractivity contribution is -0.167. The van der Waals surface area contributed by atoms with Gasteiger partial charge in [-0.2, -0.15) is 0 Å². The van der Waals surface area contributed by atoms with Crippen molar-refractivity contribution in [3.05, 3.63) is 36.5 Å². The van der Waals surface area contributed by atoms with Crippen LogP contribution in [0.4, 0.5) is 0 Å². The second kappa shape index (κ2) is 59.2. The lowest BCUT2D eigenvalue weighted by Crippen LogP contribution is -2.30. The standard InChI is InChI=1S/C64H118O6/c1-4-7-10-13-16-19-22-25-28-30-31-32-33-34-37-39-42-45-48-51-54-57-63(66)69-60-61(59-68-62(65)56-53-50-47-44-41-38-35-27-24-21-18-15-12-9-6-3)70-64(67)58-55-52-49-46-43-40-36-29-26-23-20-17-14-11-8-5-2/h9,12,18,21,27,35,61H,4-8,10-11,13-17,19-20,22-26,28-34,36-60H2,1-3H3/b12-9-,21-18-,35-27-. The van der Waals surface area contributed by atoms with Gasteiger partial charge in [-0.3, -0.25) is 14.4 Å². The van der Waals surface area contributed by atoms with Crippen molar-refractivity contribution >= 4 is 17.9 Å². The Morgan fingerprint density at radius 3 is 0.871 bits per heavy atom. The first-order valence-electron chi connectivity index (χ1n) is 31.0. The summed E-state index contributed by atoms with van der Waals surface area (Å²) in [6.07, 6.45) is 71.5. The number of unbranched alkanes of at least 4 members (excludes halogenated alkanes) is 40. The van der Waals surface area contributed by atoms with Crippen LogP contribution in [0.1, 0.15) is 335 Å². The van der Waals surface area contributed by atoms with E-state index in [9.17, 15) is 14.4 Å². The lowest BCUT2D eigenvalue weighted by atomic mass is 10.0. The summed E-state index contributed by atoms with van der Waals surface area (Å²) in [5.41, 5.74) is 0. The van der Waals surface area contributed by atoms with Crippen LogP contribution in [0, 0.1) is 0 Å². The Morgan fingerprint density at radius 1 is 0.300 bits per heavy atom. The van der Waals surface area contributed by atoms with E-state index in [4.69, 9.17) is 14.2 Å². The van der Waals surface area contributed by atoms with Gasteiger partial charge < -0.3 is 14.2 Å². The quantitative estimate of drug-likeness (QED) is 0.0261. The number of esters is 3. The zero-order valence-electron chi connectivity index (χ0n) is 47.1. The van der Waals surface area contributed by atoms with E-state index in [1.165, 1.54) is 199 Å². The molecule has 0 aliphatic carbocycles. The lowest BCUT2D eigenvalue weighted by Gasteiger charge is -2.18. The van der Waals surface area contributed by atoms with E-state index >= 15 is 0 Å². The molecule has 1 atom stereocenters. The summed E-state index contributed by atoms with van der Waals surface area (Å²) in [6.45, 7) is 6.58. The second-order valence-corrected chi connectivity index (χ2v) is 21.0. The highest BCUT2D eigenvalue weighted by Gasteiger charge is 2.19. The van der Waals surface area contributed by atoms with Crippen LogP contribution in [0.2, 0.25) is 0 Å². The summed E-state index contributed by atoms with van der Waals surface area (Å²) < 4.78 is 16.9. The van der Waals surface area contributed by atoms with E-state index in [0.29, 0.717) is 19.3 Å². The predicted molar refractivity (Wildman–Crippen MR) is 302 cm³/mol. The second-order valence-electron chi connectivity index (χ2n) is 21.0. The maximum Gasteiger partial charge on any atom is 0.306 e. The fourth-order valence-electron chi connectivity index (χ4n) is 9.28. The molecule has 0 fully saturated rings. The Hall–Kier alpha value is -2.37. The third-order valence-corrected chi connectivity index (χ3v) is 13.9. The zero-order chi connectivity index (χ0) is 50.7. The molecule has 0 N–H and O–H groups in total. The highest BCUT2D eigenvalue weighted by molar-refractivity contribution is 5.71. The minimum atomic E-state index is -0.775. The highest BCUT2D eigenvalue weighted by atomic mass is 16.6. The van der Waals surface area contributed by atoms with Crippen LogP contribution in [-0.2, 0) is 28.6 Å². The Morgan fingerprint density at radius 2 is 0.557 bits per heavy atom. The molecule has 0 heterocycles. The van der Waals surface area contributed by atoms with Gasteiger partial charge >= 0.3 is 17.9 Å². The Bertz CT molecular complexity index is 1170. The molecule has 0 aromatic heterocycles. The minimum absolute atomic E-state index is 0.0723. The fraction of sp³-hybridized carbons (Fsp3) is 0.859. The largest absolute Gasteiger partial charge is 0.462 e. The topological polar surface area (TPSA) is 78.9 Å². The average molecular weight is 984 g/mol. The third-order valence-electron chi connectivity index (χ3n) is 13.9. The Balaban J connectivity index is 4.30.